The van der Waals surface area contributed by atoms with E-state index in [4.69, 9.17) is 0 Å². The Labute approximate surface area is 189 Å². The van der Waals surface area contributed by atoms with Crippen molar-refractivity contribution < 1.29 is 15.3 Å². The van der Waals surface area contributed by atoms with Gasteiger partial charge in [0.15, 0.2) is 0 Å². The Hall–Kier alpha value is -0.900. The summed E-state index contributed by atoms with van der Waals surface area (Å²) < 4.78 is 0. The van der Waals surface area contributed by atoms with Gasteiger partial charge in [0, 0.05) is 17.8 Å². The molecule has 0 aliphatic heterocycles. The lowest BCUT2D eigenvalue weighted by Gasteiger charge is -2.56. The van der Waals surface area contributed by atoms with Crippen molar-refractivity contribution in [2.75, 3.05) is 0 Å². The van der Waals surface area contributed by atoms with Crippen LogP contribution in [-0.2, 0) is 0 Å². The van der Waals surface area contributed by atoms with Crippen molar-refractivity contribution >= 4 is 0 Å². The second kappa shape index (κ2) is 7.85. The van der Waals surface area contributed by atoms with E-state index in [1.54, 1.807) is 5.57 Å². The van der Waals surface area contributed by atoms with Crippen LogP contribution in [0.5, 0.6) is 0 Å². The Morgan fingerprint density at radius 2 is 1.74 bits per heavy atom. The molecule has 31 heavy (non-hydrogen) atoms. The van der Waals surface area contributed by atoms with Gasteiger partial charge in [-0.05, 0) is 75.0 Å². The number of rotatable bonds is 4. The Bertz CT molecular complexity index is 787. The van der Waals surface area contributed by atoms with Crippen molar-refractivity contribution in [1.29, 1.82) is 0 Å². The fraction of sp³-hybridized carbons (Fsp3) is 0.786. The molecule has 9 atom stereocenters. The minimum Gasteiger partial charge on any atom is -0.393 e. The van der Waals surface area contributed by atoms with Crippen LogP contribution in [0.25, 0.3) is 0 Å². The van der Waals surface area contributed by atoms with Crippen molar-refractivity contribution in [3.8, 4) is 0 Å². The number of aliphatic hydroxyl groups excluding tert-OH is 2. The van der Waals surface area contributed by atoms with Gasteiger partial charge >= 0.3 is 0 Å². The lowest BCUT2D eigenvalue weighted by Crippen LogP contribution is -2.52. The molecule has 174 valence electrons. The molecule has 3 heteroatoms. The van der Waals surface area contributed by atoms with Crippen molar-refractivity contribution in [1.82, 2.24) is 0 Å². The fourth-order valence-corrected chi connectivity index (χ4v) is 7.66. The molecule has 4 rings (SSSR count). The molecule has 2 unspecified atom stereocenters. The van der Waals surface area contributed by atoms with Gasteiger partial charge in [0.05, 0.1) is 17.8 Å². The van der Waals surface area contributed by atoms with Crippen LogP contribution in [0, 0.1) is 40.4 Å². The molecule has 0 heterocycles. The Morgan fingerprint density at radius 3 is 2.42 bits per heavy atom. The van der Waals surface area contributed by atoms with E-state index in [2.05, 4.69) is 52.0 Å². The molecule has 3 saturated carbocycles. The molecular weight excluding hydrogens is 384 g/mol. The molecule has 3 nitrogen and oxygen atoms in total. The van der Waals surface area contributed by atoms with Gasteiger partial charge in [-0.1, -0.05) is 63.1 Å². The molecule has 3 fully saturated rings. The van der Waals surface area contributed by atoms with Gasteiger partial charge in [-0.3, -0.25) is 0 Å². The molecular formula is C28H44O3. The van der Waals surface area contributed by atoms with Gasteiger partial charge < -0.3 is 15.3 Å². The fourth-order valence-electron chi connectivity index (χ4n) is 7.66. The summed E-state index contributed by atoms with van der Waals surface area (Å²) in [6, 6.07) is 0. The van der Waals surface area contributed by atoms with E-state index in [0.29, 0.717) is 41.9 Å². The van der Waals surface area contributed by atoms with Crippen molar-refractivity contribution in [3.63, 3.8) is 0 Å². The molecule has 4 aliphatic carbocycles. The monoisotopic (exact) mass is 428 g/mol. The average molecular weight is 429 g/mol. The lowest BCUT2D eigenvalue weighted by atomic mass is 9.49. The number of hydrogen-bond acceptors (Lipinski definition) is 3. The smallest absolute Gasteiger partial charge is 0.0661 e. The first-order valence-corrected chi connectivity index (χ1v) is 12.6. The Kier molecular flexibility index (Phi) is 5.89. The molecule has 0 saturated heterocycles. The number of hydrogen-bond donors (Lipinski definition) is 3. The van der Waals surface area contributed by atoms with Crippen LogP contribution in [-0.4, -0.2) is 33.1 Å². The maximum Gasteiger partial charge on any atom is 0.0661 e. The minimum atomic E-state index is -0.683. The highest BCUT2D eigenvalue weighted by molar-refractivity contribution is 5.40. The van der Waals surface area contributed by atoms with Gasteiger partial charge in [0.25, 0.3) is 0 Å². The van der Waals surface area contributed by atoms with Crippen molar-refractivity contribution in [2.45, 2.75) is 97.9 Å². The molecule has 0 spiro atoms. The van der Waals surface area contributed by atoms with Gasteiger partial charge in [-0.2, -0.15) is 0 Å². The van der Waals surface area contributed by atoms with Gasteiger partial charge in [0.1, 0.15) is 0 Å². The predicted molar refractivity (Wildman–Crippen MR) is 126 cm³/mol. The maximum absolute atomic E-state index is 11.0. The van der Waals surface area contributed by atoms with Crippen molar-refractivity contribution in [2.24, 2.45) is 40.4 Å². The Balaban J connectivity index is 1.58. The van der Waals surface area contributed by atoms with E-state index in [1.807, 2.05) is 13.8 Å². The van der Waals surface area contributed by atoms with Gasteiger partial charge in [0.2, 0.25) is 0 Å². The van der Waals surface area contributed by atoms with Crippen LogP contribution in [0.3, 0.4) is 0 Å². The zero-order valence-corrected chi connectivity index (χ0v) is 20.4. The molecule has 0 radical (unpaired) electrons. The lowest BCUT2D eigenvalue weighted by molar-refractivity contribution is -0.0537. The standard InChI is InChI=1S/C28H44O3/c1-17(7-8-18(2)26(3,4)31)22-11-12-23-21-10-9-19-15-20(29)16-25(30)28(19,6)24(21)13-14-27(22,23)5/h7-10,17-18,20,22-25,29-31H,11-16H2,1-6H3/b8-7+/t17-,18?,20-,22-,23+,24+,25?,27-,28+/m1/s1. The maximum atomic E-state index is 11.0. The number of aliphatic hydroxyl groups is 3. The van der Waals surface area contributed by atoms with E-state index in [0.717, 1.165) is 6.42 Å². The zero-order valence-electron chi connectivity index (χ0n) is 20.4. The third kappa shape index (κ3) is 3.69. The van der Waals surface area contributed by atoms with E-state index < -0.39 is 17.8 Å². The highest BCUT2D eigenvalue weighted by Crippen LogP contribution is 2.66. The summed E-state index contributed by atoms with van der Waals surface area (Å²) in [5.41, 5.74) is 2.22. The first-order valence-electron chi connectivity index (χ1n) is 12.6. The summed E-state index contributed by atoms with van der Waals surface area (Å²) in [5.74, 6) is 2.29. The first kappa shape index (κ1) is 23.3. The normalized spacial score (nSPS) is 44.7. The number of allylic oxidation sites excluding steroid dienone is 4. The summed E-state index contributed by atoms with van der Waals surface area (Å²) in [5, 5.41) is 31.5. The predicted octanol–water partition coefficient (Wildman–Crippen LogP) is 5.42. The summed E-state index contributed by atoms with van der Waals surface area (Å²) in [6.45, 7) is 13.0. The summed E-state index contributed by atoms with van der Waals surface area (Å²) in [4.78, 5) is 0. The largest absolute Gasteiger partial charge is 0.393 e. The average Bonchev–Trinajstić information content (AvgIpc) is 3.03. The van der Waals surface area contributed by atoms with Gasteiger partial charge in [-0.15, -0.1) is 0 Å². The van der Waals surface area contributed by atoms with Crippen LogP contribution in [0.4, 0.5) is 0 Å². The zero-order chi connectivity index (χ0) is 22.8. The quantitative estimate of drug-likeness (QED) is 0.524. The topological polar surface area (TPSA) is 60.7 Å². The third-order valence-electron chi connectivity index (χ3n) is 10.2. The van der Waals surface area contributed by atoms with Crippen LogP contribution < -0.4 is 0 Å². The molecule has 0 aromatic heterocycles. The summed E-state index contributed by atoms with van der Waals surface area (Å²) >= 11 is 0. The molecule has 0 aromatic carbocycles. The number of fused-ring (bicyclic) bond motifs is 5. The third-order valence-corrected chi connectivity index (χ3v) is 10.2. The van der Waals surface area contributed by atoms with Crippen LogP contribution in [0.1, 0.15) is 80.1 Å². The molecule has 0 aromatic rings. The van der Waals surface area contributed by atoms with E-state index in [1.165, 1.54) is 24.8 Å². The van der Waals surface area contributed by atoms with Gasteiger partial charge in [-0.25, -0.2) is 0 Å². The molecule has 0 bridgehead atoms. The van der Waals surface area contributed by atoms with Crippen LogP contribution >= 0.6 is 0 Å². The second-order valence-electron chi connectivity index (χ2n) is 12.3. The minimum absolute atomic E-state index is 0.142. The second-order valence-corrected chi connectivity index (χ2v) is 12.3. The summed E-state index contributed by atoms with van der Waals surface area (Å²) in [7, 11) is 0. The van der Waals surface area contributed by atoms with E-state index >= 15 is 0 Å². The summed E-state index contributed by atoms with van der Waals surface area (Å²) in [6.07, 6.45) is 14.4. The highest BCUT2D eigenvalue weighted by Gasteiger charge is 2.58. The van der Waals surface area contributed by atoms with Crippen LogP contribution in [0.15, 0.2) is 35.5 Å². The van der Waals surface area contributed by atoms with E-state index in [9.17, 15) is 15.3 Å². The van der Waals surface area contributed by atoms with Crippen molar-refractivity contribution in [3.05, 3.63) is 35.5 Å². The highest BCUT2D eigenvalue weighted by atomic mass is 16.3. The first-order chi connectivity index (χ1) is 14.4. The molecule has 4 aliphatic rings. The van der Waals surface area contributed by atoms with Crippen LogP contribution in [0.2, 0.25) is 0 Å². The van der Waals surface area contributed by atoms with E-state index in [-0.39, 0.29) is 11.3 Å². The SMILES string of the molecule is CC(/C=C/[C@@H](C)[C@H]1CC[C@H]2C3=CC=C4C[C@@H](O)CC(O)[C@]4(C)[C@H]3CC[C@]12C)C(C)(C)O. The Morgan fingerprint density at radius 1 is 1.03 bits per heavy atom. The molecule has 0 amide bonds. The molecule has 3 N–H and O–H groups in total.